The maximum Gasteiger partial charge on any atom is 0.267 e. The number of rotatable bonds is 4. The molecule has 0 atom stereocenters. The fourth-order valence-corrected chi connectivity index (χ4v) is 3.59. The average Bonchev–Trinajstić information content (AvgIpc) is 2.38. The molecule has 0 spiro atoms. The second-order valence-electron chi connectivity index (χ2n) is 4.72. The number of carbonyl (C=O) groups excluding carboxylic acids is 1. The van der Waals surface area contributed by atoms with Crippen LogP contribution in [0.4, 0.5) is 0 Å². The van der Waals surface area contributed by atoms with Crippen LogP contribution < -0.4 is 0 Å². The number of carbonyl (C=O) groups is 1. The Morgan fingerprint density at radius 3 is 2.45 bits per heavy atom. The topological polar surface area (TPSA) is 78.2 Å². The molecule has 1 aromatic carbocycles. The third-order valence-corrected chi connectivity index (χ3v) is 4.86. The predicted molar refractivity (Wildman–Crippen MR) is 75.3 cm³/mol. The minimum atomic E-state index is -4.00. The molecule has 0 fully saturated rings. The number of amides is 1. The van der Waals surface area contributed by atoms with E-state index in [1.54, 1.807) is 39.8 Å². The number of aryl methyl sites for hydroxylation is 1. The van der Waals surface area contributed by atoms with Gasteiger partial charge in [0.2, 0.25) is 5.91 Å². The fraction of sp³-hybridized carbons (Fsp3) is 0.429. The highest BCUT2D eigenvalue weighted by molar-refractivity contribution is 7.89. The van der Waals surface area contributed by atoms with Crippen LogP contribution in [0.2, 0.25) is 0 Å². The van der Waals surface area contributed by atoms with Gasteiger partial charge in [-0.1, -0.05) is 26.0 Å². The van der Waals surface area contributed by atoms with Gasteiger partial charge in [-0.25, -0.2) is 12.7 Å². The summed E-state index contributed by atoms with van der Waals surface area (Å²) in [4.78, 5) is 11.9. The Balaban J connectivity index is 3.48. The van der Waals surface area contributed by atoms with Crippen LogP contribution in [0.15, 0.2) is 23.1 Å². The van der Waals surface area contributed by atoms with E-state index in [4.69, 9.17) is 5.26 Å². The van der Waals surface area contributed by atoms with Gasteiger partial charge >= 0.3 is 0 Å². The summed E-state index contributed by atoms with van der Waals surface area (Å²) in [7, 11) is -4.00. The van der Waals surface area contributed by atoms with Gasteiger partial charge in [-0.05, 0) is 25.5 Å². The lowest BCUT2D eigenvalue weighted by Gasteiger charge is -2.23. The molecule has 6 heteroatoms. The van der Waals surface area contributed by atoms with E-state index in [1.165, 1.54) is 6.07 Å². The third-order valence-electron chi connectivity index (χ3n) is 2.94. The first-order valence-corrected chi connectivity index (χ1v) is 7.77. The molecule has 0 aliphatic heterocycles. The van der Waals surface area contributed by atoms with Gasteiger partial charge < -0.3 is 0 Å². The summed E-state index contributed by atoms with van der Waals surface area (Å²) in [6, 6.07) is 6.49. The molecular weight excluding hydrogens is 276 g/mol. The van der Waals surface area contributed by atoms with E-state index in [0.29, 0.717) is 5.56 Å². The molecular formula is C14H18N2O3S. The Morgan fingerprint density at radius 1 is 1.40 bits per heavy atom. The number of hydrogen-bond acceptors (Lipinski definition) is 4. The van der Waals surface area contributed by atoms with Crippen molar-refractivity contribution < 1.29 is 13.2 Å². The highest BCUT2D eigenvalue weighted by Crippen LogP contribution is 2.23. The van der Waals surface area contributed by atoms with Gasteiger partial charge in [0.15, 0.2) is 0 Å². The molecule has 0 aliphatic rings. The molecule has 1 rings (SSSR count). The van der Waals surface area contributed by atoms with Crippen molar-refractivity contribution in [2.75, 3.05) is 6.54 Å². The Morgan fingerprint density at radius 2 is 2.00 bits per heavy atom. The van der Waals surface area contributed by atoms with Gasteiger partial charge in [0, 0.05) is 12.5 Å². The van der Waals surface area contributed by atoms with Gasteiger partial charge in [0.05, 0.1) is 5.56 Å². The van der Waals surface area contributed by atoms with Crippen molar-refractivity contribution in [2.24, 2.45) is 5.92 Å². The molecule has 0 unspecified atom stereocenters. The van der Waals surface area contributed by atoms with E-state index < -0.39 is 21.8 Å². The SMILES string of the molecule is CCN(C(=O)C(C)C)S(=O)(=O)c1cccc(C)c1C#N. The van der Waals surface area contributed by atoms with Crippen LogP contribution in [0.3, 0.4) is 0 Å². The Labute approximate surface area is 119 Å². The zero-order valence-corrected chi connectivity index (χ0v) is 12.9. The highest BCUT2D eigenvalue weighted by Gasteiger charge is 2.31. The van der Waals surface area contributed by atoms with Gasteiger partial charge in [-0.3, -0.25) is 4.79 Å². The van der Waals surface area contributed by atoms with Crippen LogP contribution in [0.5, 0.6) is 0 Å². The molecule has 20 heavy (non-hydrogen) atoms. The van der Waals surface area contributed by atoms with E-state index >= 15 is 0 Å². The monoisotopic (exact) mass is 294 g/mol. The first-order valence-electron chi connectivity index (χ1n) is 6.33. The maximum absolute atomic E-state index is 12.6. The largest absolute Gasteiger partial charge is 0.274 e. The Bertz CT molecular complexity index is 657. The van der Waals surface area contributed by atoms with Crippen molar-refractivity contribution in [1.82, 2.24) is 4.31 Å². The van der Waals surface area contributed by atoms with Gasteiger partial charge in [-0.2, -0.15) is 5.26 Å². The number of benzene rings is 1. The van der Waals surface area contributed by atoms with Crippen molar-refractivity contribution in [1.29, 1.82) is 5.26 Å². The normalized spacial score (nSPS) is 11.2. The van der Waals surface area contributed by atoms with Crippen molar-refractivity contribution in [3.8, 4) is 6.07 Å². The van der Waals surface area contributed by atoms with Crippen molar-refractivity contribution in [2.45, 2.75) is 32.6 Å². The number of nitrogens with zero attached hydrogens (tertiary/aromatic N) is 2. The van der Waals surface area contributed by atoms with E-state index in [-0.39, 0.29) is 17.0 Å². The average molecular weight is 294 g/mol. The highest BCUT2D eigenvalue weighted by atomic mass is 32.2. The zero-order chi connectivity index (χ0) is 15.5. The molecule has 1 amide bonds. The lowest BCUT2D eigenvalue weighted by Crippen LogP contribution is -2.39. The summed E-state index contributed by atoms with van der Waals surface area (Å²) in [5.74, 6) is -0.905. The minimum absolute atomic E-state index is 0.0398. The molecule has 0 N–H and O–H groups in total. The minimum Gasteiger partial charge on any atom is -0.274 e. The van der Waals surface area contributed by atoms with Crippen LogP contribution in [0.1, 0.15) is 31.9 Å². The summed E-state index contributed by atoms with van der Waals surface area (Å²) in [6.07, 6.45) is 0. The molecule has 0 saturated carbocycles. The maximum atomic E-state index is 12.6. The summed E-state index contributed by atoms with van der Waals surface area (Å²) < 4.78 is 26.0. The predicted octanol–water partition coefficient (Wildman–Crippen LogP) is 2.06. The summed E-state index contributed by atoms with van der Waals surface area (Å²) in [5, 5.41) is 9.15. The number of nitriles is 1. The molecule has 108 valence electrons. The van der Waals surface area contributed by atoms with E-state index in [1.807, 2.05) is 6.07 Å². The lowest BCUT2D eigenvalue weighted by molar-refractivity contribution is -0.129. The van der Waals surface area contributed by atoms with Gasteiger partial charge in [-0.15, -0.1) is 0 Å². The zero-order valence-electron chi connectivity index (χ0n) is 12.0. The summed E-state index contributed by atoms with van der Waals surface area (Å²) in [6.45, 7) is 6.58. The van der Waals surface area contributed by atoms with Crippen LogP contribution >= 0.6 is 0 Å². The van der Waals surface area contributed by atoms with Crippen molar-refractivity contribution >= 4 is 15.9 Å². The van der Waals surface area contributed by atoms with E-state index in [9.17, 15) is 13.2 Å². The first kappa shape index (κ1) is 16.2. The van der Waals surface area contributed by atoms with Gasteiger partial charge in [0.25, 0.3) is 10.0 Å². The standard InChI is InChI=1S/C14H18N2O3S/c1-5-16(14(17)10(2)3)20(18,19)13-8-6-7-11(4)12(13)9-15/h6-8,10H,5H2,1-4H3. The van der Waals surface area contributed by atoms with E-state index in [0.717, 1.165) is 4.31 Å². The van der Waals surface area contributed by atoms with Crippen LogP contribution in [0, 0.1) is 24.2 Å². The molecule has 5 nitrogen and oxygen atoms in total. The second-order valence-corrected chi connectivity index (χ2v) is 6.55. The van der Waals surface area contributed by atoms with Crippen molar-refractivity contribution in [3.63, 3.8) is 0 Å². The van der Waals surface area contributed by atoms with Crippen LogP contribution in [0.25, 0.3) is 0 Å². The second kappa shape index (κ2) is 6.06. The Kier molecular flexibility index (Phi) is 4.90. The molecule has 0 heterocycles. The Hall–Kier alpha value is -1.87. The first-order chi connectivity index (χ1) is 9.27. The molecule has 0 bridgehead atoms. The third kappa shape index (κ3) is 2.83. The number of hydrogen-bond donors (Lipinski definition) is 0. The van der Waals surface area contributed by atoms with Crippen LogP contribution in [-0.2, 0) is 14.8 Å². The summed E-state index contributed by atoms with van der Waals surface area (Å²) in [5.41, 5.74) is 0.657. The quantitative estimate of drug-likeness (QED) is 0.851. The summed E-state index contributed by atoms with van der Waals surface area (Å²) >= 11 is 0. The lowest BCUT2D eigenvalue weighted by atomic mass is 10.1. The van der Waals surface area contributed by atoms with Gasteiger partial charge in [0.1, 0.15) is 11.0 Å². The molecule has 0 radical (unpaired) electrons. The molecule has 1 aromatic rings. The molecule has 0 aromatic heterocycles. The molecule has 0 aliphatic carbocycles. The number of sulfonamides is 1. The van der Waals surface area contributed by atoms with Crippen molar-refractivity contribution in [3.05, 3.63) is 29.3 Å². The smallest absolute Gasteiger partial charge is 0.267 e. The van der Waals surface area contributed by atoms with E-state index in [2.05, 4.69) is 0 Å². The molecule has 0 saturated heterocycles. The fourth-order valence-electron chi connectivity index (χ4n) is 1.85. The van der Waals surface area contributed by atoms with Crippen LogP contribution in [-0.4, -0.2) is 25.2 Å².